The van der Waals surface area contributed by atoms with Crippen LogP contribution in [0.25, 0.3) is 11.2 Å². The van der Waals surface area contributed by atoms with E-state index in [1.807, 2.05) is 0 Å². The molecule has 3 rings (SSSR count). The summed E-state index contributed by atoms with van der Waals surface area (Å²) in [6.07, 6.45) is 10.9. The first-order valence-electron chi connectivity index (χ1n) is 23.6. The Labute approximate surface area is 412 Å². The van der Waals surface area contributed by atoms with Gasteiger partial charge in [0.05, 0.1) is 33.5 Å². The molecule has 1 saturated heterocycles. The highest BCUT2D eigenvalue weighted by Crippen LogP contribution is 2.56. The van der Waals surface area contributed by atoms with Crippen LogP contribution in [0.2, 0.25) is 0 Å². The second kappa shape index (κ2) is 30.7. The van der Waals surface area contributed by atoms with Gasteiger partial charge in [-0.2, -0.15) is 0 Å². The molecule has 1 fully saturated rings. The van der Waals surface area contributed by atoms with Crippen molar-refractivity contribution in [2.75, 3.05) is 37.8 Å². The van der Waals surface area contributed by atoms with Crippen LogP contribution in [-0.4, -0.2) is 114 Å². The van der Waals surface area contributed by atoms with E-state index in [1.165, 1.54) is 90.9 Å². The Kier molecular flexibility index (Phi) is 27.1. The molecule has 0 spiro atoms. The Morgan fingerprint density at radius 3 is 2.06 bits per heavy atom. The van der Waals surface area contributed by atoms with E-state index in [9.17, 15) is 63.0 Å². The number of fused-ring (bicyclic) bond motifs is 1. The minimum absolute atomic E-state index is 0.0175. The number of thioether (sulfide) groups is 1. The number of phosphoric ester groups is 3. The first-order chi connectivity index (χ1) is 32.9. The second-order valence-electron chi connectivity index (χ2n) is 17.8. The predicted octanol–water partition coefficient (Wildman–Crippen LogP) is 2.15. The fourth-order valence-corrected chi connectivity index (χ4v) is 10.9. The van der Waals surface area contributed by atoms with Gasteiger partial charge >= 0.3 is 0 Å². The highest BCUT2D eigenvalue weighted by molar-refractivity contribution is 8.13. The van der Waals surface area contributed by atoms with Crippen LogP contribution >= 0.6 is 35.2 Å². The molecular formula is C41H70N7O18P3S-4. The molecule has 2 amide bonds. The van der Waals surface area contributed by atoms with Crippen molar-refractivity contribution in [3.63, 3.8) is 0 Å². The van der Waals surface area contributed by atoms with Crippen LogP contribution in [0.4, 0.5) is 5.82 Å². The number of unbranched alkanes of at least 4 members (excludes halogenated alkanes) is 14. The maximum Gasteiger partial charge on any atom is 0.274 e. The van der Waals surface area contributed by atoms with Crippen molar-refractivity contribution in [3.8, 4) is 0 Å². The molecule has 0 bridgehead atoms. The van der Waals surface area contributed by atoms with Gasteiger partial charge in [-0.3, -0.25) is 28.1 Å². The summed E-state index contributed by atoms with van der Waals surface area (Å²) in [4.78, 5) is 97.0. The molecular weight excluding hydrogens is 1000 g/mol. The summed E-state index contributed by atoms with van der Waals surface area (Å²) in [5.74, 6) is -1.32. The number of carbonyl (C=O) groups excluding carboxylic acids is 3. The lowest BCUT2D eigenvalue weighted by molar-refractivity contribution is -0.347. The van der Waals surface area contributed by atoms with Gasteiger partial charge in [0.25, 0.3) is 15.6 Å². The number of aliphatic hydroxyl groups excluding tert-OH is 3. The number of rotatable bonds is 37. The van der Waals surface area contributed by atoms with Crippen molar-refractivity contribution in [1.82, 2.24) is 30.2 Å². The third-order valence-electron chi connectivity index (χ3n) is 11.3. The molecule has 0 aromatic carbocycles. The quantitative estimate of drug-likeness (QED) is 0.0417. The van der Waals surface area contributed by atoms with Gasteiger partial charge in [-0.1, -0.05) is 129 Å². The Balaban J connectivity index is 1.28. The third-order valence-corrected chi connectivity index (χ3v) is 15.2. The van der Waals surface area contributed by atoms with Gasteiger partial charge in [-0.15, -0.1) is 0 Å². The summed E-state index contributed by atoms with van der Waals surface area (Å²) in [7, 11) is -17.6. The zero-order chi connectivity index (χ0) is 52.0. The number of ether oxygens (including phenoxy) is 1. The topological polar surface area (TPSA) is 395 Å². The van der Waals surface area contributed by atoms with Gasteiger partial charge in [0.2, 0.25) is 11.8 Å². The van der Waals surface area contributed by atoms with Crippen molar-refractivity contribution in [2.24, 2.45) is 5.41 Å². The molecule has 402 valence electrons. The smallest absolute Gasteiger partial charge is 0.274 e. The van der Waals surface area contributed by atoms with Crippen LogP contribution in [0.3, 0.4) is 0 Å². The Morgan fingerprint density at radius 1 is 0.871 bits per heavy atom. The number of aromatic nitrogens is 4. The van der Waals surface area contributed by atoms with Gasteiger partial charge in [-0.05, 0) is 6.42 Å². The van der Waals surface area contributed by atoms with Crippen molar-refractivity contribution < 1.29 is 85.6 Å². The van der Waals surface area contributed by atoms with E-state index in [1.54, 1.807) is 0 Å². The van der Waals surface area contributed by atoms with E-state index in [0.717, 1.165) is 48.2 Å². The number of imidazole rings is 1. The van der Waals surface area contributed by atoms with E-state index >= 15 is 0 Å². The first-order valence-corrected chi connectivity index (χ1v) is 29.0. The summed E-state index contributed by atoms with van der Waals surface area (Å²) in [5.41, 5.74) is 4.07. The minimum Gasteiger partial charge on any atom is -0.790 e. The maximum absolute atomic E-state index is 12.7. The largest absolute Gasteiger partial charge is 0.790 e. The number of hydrogen-bond acceptors (Lipinski definition) is 23. The number of phosphoric acid groups is 3. The Morgan fingerprint density at radius 2 is 1.46 bits per heavy atom. The molecule has 29 heteroatoms. The van der Waals surface area contributed by atoms with E-state index < -0.39 is 90.7 Å². The van der Waals surface area contributed by atoms with Crippen LogP contribution < -0.4 is 35.9 Å². The van der Waals surface area contributed by atoms with E-state index in [4.69, 9.17) is 10.5 Å². The molecule has 2 aromatic rings. The standard InChI is InChI=1S/C41H74N7O18P3S/c1-4-5-6-7-8-9-10-11-12-13-14-15-16-17-18-19-29(49)24-32(51)70-23-22-43-31(50)20-21-44-39(54)36(53)41(2,3)26-63-69(60,61)66-68(58,59)62-25-30-35(65-67(55,56)57)34(52)40(64-30)48-28-47-33-37(42)45-27-46-38(33)48/h27-30,34-36,40,49,52-53H,4-26H2,1-3H3,(H,43,50)(H,44,54)(H,58,59)(H,60,61)(H2,42,45,46)(H2,55,56,57)/p-4/t29-,30+,34+,35+,36-,40+/m0/s1. The van der Waals surface area contributed by atoms with Crippen molar-refractivity contribution in [3.05, 3.63) is 12.7 Å². The number of aliphatic hydroxyl groups is 3. The number of carbonyl (C=O) groups is 3. The van der Waals surface area contributed by atoms with Crippen LogP contribution in [0, 0.1) is 5.41 Å². The SMILES string of the molecule is CCCCCCCCCCCCCCCCC[C@H](O)CC(=O)SCCNC(=O)CCNC(=O)[C@H](O)C(C)(C)COP(=O)([O-])OP(=O)([O-])OC[C@H]1O[C@@H](n2cnc3c(N)ncnc32)[C@H](O)[C@@H]1OP(=O)([O-])[O-]. The average Bonchev–Trinajstić information content (AvgIpc) is 3.84. The molecule has 1 aliphatic heterocycles. The van der Waals surface area contributed by atoms with Gasteiger partial charge in [0.1, 0.15) is 36.3 Å². The molecule has 2 aromatic heterocycles. The predicted molar refractivity (Wildman–Crippen MR) is 248 cm³/mol. The molecule has 3 heterocycles. The zero-order valence-electron chi connectivity index (χ0n) is 40.0. The number of nitrogen functional groups attached to an aromatic ring is 1. The number of anilines is 1. The van der Waals surface area contributed by atoms with Crippen molar-refractivity contribution in [1.29, 1.82) is 0 Å². The zero-order valence-corrected chi connectivity index (χ0v) is 43.5. The van der Waals surface area contributed by atoms with E-state index in [0.29, 0.717) is 6.42 Å². The van der Waals surface area contributed by atoms with Crippen LogP contribution in [0.1, 0.15) is 143 Å². The number of amides is 2. The maximum atomic E-state index is 12.7. The lowest BCUT2D eigenvalue weighted by Gasteiger charge is -2.36. The molecule has 70 heavy (non-hydrogen) atoms. The second-order valence-corrected chi connectivity index (χ2v) is 23.0. The summed E-state index contributed by atoms with van der Waals surface area (Å²) in [5, 5.41) is 36.5. The number of nitrogens with two attached hydrogens (primary N) is 1. The lowest BCUT2D eigenvalue weighted by Crippen LogP contribution is -2.46. The van der Waals surface area contributed by atoms with Gasteiger partial charge in [0.15, 0.2) is 22.8 Å². The highest BCUT2D eigenvalue weighted by Gasteiger charge is 2.47. The highest BCUT2D eigenvalue weighted by atomic mass is 32.2. The monoisotopic (exact) mass is 1070 g/mol. The Bertz CT molecular complexity index is 2070. The van der Waals surface area contributed by atoms with Crippen molar-refractivity contribution in [2.45, 2.75) is 173 Å². The fraction of sp³-hybridized carbons (Fsp3) is 0.805. The van der Waals surface area contributed by atoms with Gasteiger partial charge in [-0.25, -0.2) is 19.3 Å². The summed E-state index contributed by atoms with van der Waals surface area (Å²) < 4.78 is 60.8. The molecule has 7 N–H and O–H groups in total. The van der Waals surface area contributed by atoms with Gasteiger partial charge < -0.3 is 74.1 Å². The number of nitrogens with one attached hydrogen (secondary N) is 2. The lowest BCUT2D eigenvalue weighted by atomic mass is 9.87. The van der Waals surface area contributed by atoms with Crippen LogP contribution in [0.5, 0.6) is 0 Å². The molecule has 0 radical (unpaired) electrons. The summed E-state index contributed by atoms with van der Waals surface area (Å²) in [6.45, 7) is 2.25. The number of nitrogens with zero attached hydrogens (tertiary/aromatic N) is 4. The summed E-state index contributed by atoms with van der Waals surface area (Å²) in [6, 6.07) is 0. The molecule has 25 nitrogen and oxygen atoms in total. The van der Waals surface area contributed by atoms with Crippen molar-refractivity contribution >= 4 is 69.1 Å². The number of hydrogen-bond donors (Lipinski definition) is 6. The van der Waals surface area contributed by atoms with Gasteiger partial charge in [0, 0.05) is 37.1 Å². The summed E-state index contributed by atoms with van der Waals surface area (Å²) >= 11 is 0.991. The minimum atomic E-state index is -5.93. The third kappa shape index (κ3) is 23.2. The fourth-order valence-electron chi connectivity index (χ4n) is 7.38. The van der Waals surface area contributed by atoms with Crippen LogP contribution in [-0.2, 0) is 50.7 Å². The first kappa shape index (κ1) is 61.8. The average molecular weight is 1070 g/mol. The molecule has 0 saturated carbocycles. The molecule has 2 unspecified atom stereocenters. The molecule has 0 aliphatic carbocycles. The van der Waals surface area contributed by atoms with E-state index in [-0.39, 0.29) is 53.8 Å². The normalized spacial score (nSPS) is 20.2. The molecule has 8 atom stereocenters. The van der Waals surface area contributed by atoms with E-state index in [2.05, 4.69) is 50.4 Å². The van der Waals surface area contributed by atoms with Crippen LogP contribution in [0.15, 0.2) is 12.7 Å². The Hall–Kier alpha value is -2.48. The molecule has 1 aliphatic rings.